The molecule has 0 spiro atoms. The van der Waals surface area contributed by atoms with Crippen molar-refractivity contribution in [2.45, 2.75) is 19.8 Å². The molecule has 0 aliphatic rings. The van der Waals surface area contributed by atoms with Crippen molar-refractivity contribution in [2.24, 2.45) is 0 Å². The first kappa shape index (κ1) is 10.8. The summed E-state index contributed by atoms with van der Waals surface area (Å²) in [5.41, 5.74) is 2.66. The highest BCUT2D eigenvalue weighted by atomic mass is 79.9. The maximum atomic E-state index is 4.27. The zero-order valence-corrected chi connectivity index (χ0v) is 10.8. The van der Waals surface area contributed by atoms with Crippen molar-refractivity contribution in [2.75, 3.05) is 0 Å². The molecule has 0 atom stereocenters. The third kappa shape index (κ3) is 3.11. The molecule has 15 heavy (non-hydrogen) atoms. The molecule has 0 fully saturated rings. The number of rotatable bonds is 3. The van der Waals surface area contributed by atoms with Crippen LogP contribution in [0.4, 0.5) is 0 Å². The predicted molar refractivity (Wildman–Crippen MR) is 66.2 cm³/mol. The third-order valence-electron chi connectivity index (χ3n) is 2.19. The lowest BCUT2D eigenvalue weighted by Gasteiger charge is -1.99. The van der Waals surface area contributed by atoms with Crippen LogP contribution in [0.1, 0.15) is 16.1 Å². The fourth-order valence-corrected chi connectivity index (χ4v) is 2.43. The minimum absolute atomic E-state index is 0.700. The van der Waals surface area contributed by atoms with Crippen LogP contribution in [-0.4, -0.2) is 9.36 Å². The normalized spacial score (nSPS) is 10.5. The van der Waals surface area contributed by atoms with Crippen molar-refractivity contribution in [3.8, 4) is 0 Å². The maximum absolute atomic E-state index is 4.27. The number of hydrogen-bond donors (Lipinski definition) is 0. The average molecular weight is 283 g/mol. The Balaban J connectivity index is 1.96. The lowest BCUT2D eigenvalue weighted by molar-refractivity contribution is 0.937. The Morgan fingerprint density at radius 3 is 2.53 bits per heavy atom. The van der Waals surface area contributed by atoms with Crippen LogP contribution < -0.4 is 0 Å². The molecule has 1 aromatic heterocycles. The van der Waals surface area contributed by atoms with Gasteiger partial charge in [0.05, 0.1) is 0 Å². The molecule has 0 bridgehead atoms. The van der Waals surface area contributed by atoms with Gasteiger partial charge in [0.2, 0.25) is 4.73 Å². The smallest absolute Gasteiger partial charge is 0.209 e. The summed E-state index contributed by atoms with van der Waals surface area (Å²) in [7, 11) is 0. The topological polar surface area (TPSA) is 25.8 Å². The van der Waals surface area contributed by atoms with Crippen LogP contribution in [0.5, 0.6) is 0 Å². The zero-order valence-electron chi connectivity index (χ0n) is 8.40. The molecule has 2 nitrogen and oxygen atoms in total. The Labute approximate surface area is 102 Å². The van der Waals surface area contributed by atoms with Gasteiger partial charge in [0.1, 0.15) is 5.01 Å². The second-order valence-electron chi connectivity index (χ2n) is 3.44. The first-order valence-corrected chi connectivity index (χ1v) is 6.34. The summed E-state index contributed by atoms with van der Waals surface area (Å²) in [4.78, 5) is 4.27. The standard InChI is InChI=1S/C11H11BrN2S/c1-8-2-4-9(5-3-8)6-7-10-13-11(12)14-15-10/h2-5H,6-7H2,1H3. The van der Waals surface area contributed by atoms with Gasteiger partial charge in [-0.25, -0.2) is 4.98 Å². The van der Waals surface area contributed by atoms with E-state index in [2.05, 4.69) is 56.5 Å². The van der Waals surface area contributed by atoms with Gasteiger partial charge in [-0.2, -0.15) is 4.37 Å². The fraction of sp³-hybridized carbons (Fsp3) is 0.273. The Morgan fingerprint density at radius 1 is 1.20 bits per heavy atom. The van der Waals surface area contributed by atoms with Gasteiger partial charge in [0, 0.05) is 6.42 Å². The van der Waals surface area contributed by atoms with Gasteiger partial charge >= 0.3 is 0 Å². The zero-order chi connectivity index (χ0) is 10.7. The SMILES string of the molecule is Cc1ccc(CCc2nc(Br)ns2)cc1. The first-order valence-electron chi connectivity index (χ1n) is 4.77. The number of halogens is 1. The quantitative estimate of drug-likeness (QED) is 0.862. The van der Waals surface area contributed by atoms with Gasteiger partial charge < -0.3 is 0 Å². The van der Waals surface area contributed by atoms with Crippen LogP contribution in [0.15, 0.2) is 29.0 Å². The second kappa shape index (κ2) is 4.86. The molecular weight excluding hydrogens is 272 g/mol. The number of aromatic nitrogens is 2. The van der Waals surface area contributed by atoms with Gasteiger partial charge in [-0.3, -0.25) is 0 Å². The van der Waals surface area contributed by atoms with Crippen molar-refractivity contribution in [1.82, 2.24) is 9.36 Å². The molecule has 1 heterocycles. The maximum Gasteiger partial charge on any atom is 0.209 e. The number of nitrogens with zero attached hydrogens (tertiary/aromatic N) is 2. The van der Waals surface area contributed by atoms with Crippen LogP contribution in [0.2, 0.25) is 0 Å². The van der Waals surface area contributed by atoms with Crippen molar-refractivity contribution < 1.29 is 0 Å². The van der Waals surface area contributed by atoms with E-state index in [1.807, 2.05) is 0 Å². The van der Waals surface area contributed by atoms with Crippen molar-refractivity contribution in [3.05, 3.63) is 45.1 Å². The molecule has 1 aromatic carbocycles. The van der Waals surface area contributed by atoms with Crippen LogP contribution in [-0.2, 0) is 12.8 Å². The molecular formula is C11H11BrN2S. The highest BCUT2D eigenvalue weighted by molar-refractivity contribution is 9.10. The van der Waals surface area contributed by atoms with Crippen molar-refractivity contribution in [3.63, 3.8) is 0 Å². The largest absolute Gasteiger partial charge is 0.214 e. The van der Waals surface area contributed by atoms with Crippen molar-refractivity contribution >= 4 is 27.5 Å². The van der Waals surface area contributed by atoms with Crippen molar-refractivity contribution in [1.29, 1.82) is 0 Å². The fourth-order valence-electron chi connectivity index (χ4n) is 1.34. The summed E-state index contributed by atoms with van der Waals surface area (Å²) in [6, 6.07) is 8.63. The Kier molecular flexibility index (Phi) is 3.49. The molecule has 0 unspecified atom stereocenters. The lowest BCUT2D eigenvalue weighted by atomic mass is 10.1. The average Bonchev–Trinajstić information content (AvgIpc) is 2.64. The Bertz CT molecular complexity index is 436. The molecule has 0 aliphatic heterocycles. The number of aryl methyl sites for hydroxylation is 3. The van der Waals surface area contributed by atoms with Gasteiger partial charge in [-0.05, 0) is 46.4 Å². The Hall–Kier alpha value is -0.740. The van der Waals surface area contributed by atoms with E-state index in [1.54, 1.807) is 0 Å². The van der Waals surface area contributed by atoms with Gasteiger partial charge in [0.25, 0.3) is 0 Å². The summed E-state index contributed by atoms with van der Waals surface area (Å²) in [5, 5.41) is 1.09. The van der Waals surface area contributed by atoms with Crippen LogP contribution >= 0.6 is 27.5 Å². The Morgan fingerprint density at radius 2 is 1.93 bits per heavy atom. The molecule has 2 rings (SSSR count). The highest BCUT2D eigenvalue weighted by Crippen LogP contribution is 2.13. The van der Waals surface area contributed by atoms with Gasteiger partial charge in [0.15, 0.2) is 0 Å². The molecule has 0 radical (unpaired) electrons. The highest BCUT2D eigenvalue weighted by Gasteiger charge is 2.01. The summed E-state index contributed by atoms with van der Waals surface area (Å²) in [5.74, 6) is 0. The van der Waals surface area contributed by atoms with E-state index >= 15 is 0 Å². The first-order chi connectivity index (χ1) is 7.24. The van der Waals surface area contributed by atoms with E-state index in [4.69, 9.17) is 0 Å². The predicted octanol–water partition coefficient (Wildman–Crippen LogP) is 3.39. The van der Waals surface area contributed by atoms with Crippen LogP contribution in [0.25, 0.3) is 0 Å². The molecule has 78 valence electrons. The van der Waals surface area contributed by atoms with E-state index in [-0.39, 0.29) is 0 Å². The summed E-state index contributed by atoms with van der Waals surface area (Å²) in [6.07, 6.45) is 1.99. The monoisotopic (exact) mass is 282 g/mol. The molecule has 0 N–H and O–H groups in total. The molecule has 2 aromatic rings. The number of benzene rings is 1. The lowest BCUT2D eigenvalue weighted by Crippen LogP contribution is -1.90. The molecule has 0 amide bonds. The van der Waals surface area contributed by atoms with Crippen LogP contribution in [0.3, 0.4) is 0 Å². The minimum atomic E-state index is 0.700. The molecule has 0 saturated carbocycles. The molecule has 0 saturated heterocycles. The van der Waals surface area contributed by atoms with Crippen LogP contribution in [0, 0.1) is 6.92 Å². The summed E-state index contributed by atoms with van der Waals surface area (Å²) >= 11 is 4.72. The van der Waals surface area contributed by atoms with Gasteiger partial charge in [-0.15, -0.1) is 0 Å². The summed E-state index contributed by atoms with van der Waals surface area (Å²) < 4.78 is 4.79. The summed E-state index contributed by atoms with van der Waals surface area (Å²) in [6.45, 7) is 2.10. The minimum Gasteiger partial charge on any atom is -0.214 e. The van der Waals surface area contributed by atoms with E-state index in [1.165, 1.54) is 22.7 Å². The van der Waals surface area contributed by atoms with E-state index in [0.29, 0.717) is 4.73 Å². The van der Waals surface area contributed by atoms with E-state index < -0.39 is 0 Å². The number of hydrogen-bond acceptors (Lipinski definition) is 3. The second-order valence-corrected chi connectivity index (χ2v) is 4.99. The molecule has 0 aliphatic carbocycles. The third-order valence-corrected chi connectivity index (χ3v) is 3.55. The molecule has 4 heteroatoms. The van der Waals surface area contributed by atoms with E-state index in [0.717, 1.165) is 17.8 Å². The van der Waals surface area contributed by atoms with Gasteiger partial charge in [-0.1, -0.05) is 29.8 Å². The van der Waals surface area contributed by atoms with E-state index in [9.17, 15) is 0 Å².